The van der Waals surface area contributed by atoms with Crippen LogP contribution in [0.25, 0.3) is 6.08 Å². The average Bonchev–Trinajstić information content (AvgIpc) is 3.12. The second-order valence-corrected chi connectivity index (χ2v) is 7.41. The summed E-state index contributed by atoms with van der Waals surface area (Å²) >= 11 is 1.43. The van der Waals surface area contributed by atoms with Gasteiger partial charge in [0.05, 0.1) is 5.69 Å². The van der Waals surface area contributed by atoms with E-state index in [1.807, 2.05) is 79.0 Å². The predicted molar refractivity (Wildman–Crippen MR) is 114 cm³/mol. The summed E-state index contributed by atoms with van der Waals surface area (Å²) in [5, 5.41) is 5.35. The van der Waals surface area contributed by atoms with Crippen LogP contribution in [0.2, 0.25) is 0 Å². The van der Waals surface area contributed by atoms with E-state index in [4.69, 9.17) is 4.74 Å². The zero-order valence-electron chi connectivity index (χ0n) is 16.0. The third-order valence-corrected chi connectivity index (χ3v) is 4.62. The molecule has 1 heterocycles. The Morgan fingerprint density at radius 1 is 1.14 bits per heavy atom. The number of hydrogen-bond donors (Lipinski definition) is 1. The summed E-state index contributed by atoms with van der Waals surface area (Å²) in [7, 11) is 3.97. The lowest BCUT2D eigenvalue weighted by Gasteiger charge is -2.06. The van der Waals surface area contributed by atoms with Crippen molar-refractivity contribution in [2.45, 2.75) is 13.2 Å². The summed E-state index contributed by atoms with van der Waals surface area (Å²) in [4.78, 5) is 18.5. The first-order chi connectivity index (χ1) is 13.6. The van der Waals surface area contributed by atoms with E-state index in [0.717, 1.165) is 29.1 Å². The molecule has 144 valence electrons. The molecule has 0 radical (unpaired) electrons. The summed E-state index contributed by atoms with van der Waals surface area (Å²) in [6.07, 6.45) is 3.28. The number of ether oxygens (including phenoxy) is 1. The Labute approximate surface area is 169 Å². The van der Waals surface area contributed by atoms with Gasteiger partial charge in [-0.3, -0.25) is 10.1 Å². The van der Waals surface area contributed by atoms with E-state index < -0.39 is 0 Å². The molecule has 0 aliphatic carbocycles. The lowest BCUT2D eigenvalue weighted by atomic mass is 10.2. The van der Waals surface area contributed by atoms with Gasteiger partial charge in [0, 0.05) is 18.0 Å². The topological polar surface area (TPSA) is 54.5 Å². The first kappa shape index (κ1) is 19.8. The maximum atomic E-state index is 12.1. The Bertz CT molecular complexity index is 918. The molecule has 28 heavy (non-hydrogen) atoms. The third-order valence-electron chi connectivity index (χ3n) is 3.82. The largest absolute Gasteiger partial charge is 0.489 e. The average molecular weight is 394 g/mol. The molecule has 6 heteroatoms. The maximum absolute atomic E-state index is 12.1. The molecule has 1 aromatic heterocycles. The van der Waals surface area contributed by atoms with E-state index in [1.54, 1.807) is 6.08 Å². The SMILES string of the molecule is CN(C)Cc1csc(NC(=O)/C=C/c2ccc(OCc3ccccc3)cc2)n1. The Morgan fingerprint density at radius 3 is 2.61 bits per heavy atom. The molecule has 1 amide bonds. The molecule has 0 unspecified atom stereocenters. The molecule has 3 rings (SSSR count). The number of nitrogens with zero attached hydrogens (tertiary/aromatic N) is 2. The van der Waals surface area contributed by atoms with Crippen molar-refractivity contribution in [1.29, 1.82) is 0 Å². The highest BCUT2D eigenvalue weighted by atomic mass is 32.1. The van der Waals surface area contributed by atoms with Crippen LogP contribution >= 0.6 is 11.3 Å². The predicted octanol–water partition coefficient (Wildman–Crippen LogP) is 4.44. The fraction of sp³-hybridized carbons (Fsp3) is 0.182. The molecule has 0 saturated carbocycles. The normalized spacial score (nSPS) is 11.1. The van der Waals surface area contributed by atoms with Gasteiger partial charge in [0.1, 0.15) is 12.4 Å². The minimum atomic E-state index is -0.199. The number of nitrogens with one attached hydrogen (secondary N) is 1. The number of carbonyl (C=O) groups is 1. The Morgan fingerprint density at radius 2 is 1.89 bits per heavy atom. The van der Waals surface area contributed by atoms with Crippen molar-refractivity contribution in [1.82, 2.24) is 9.88 Å². The number of rotatable bonds is 8. The first-order valence-electron chi connectivity index (χ1n) is 8.93. The van der Waals surface area contributed by atoms with Gasteiger partial charge in [-0.15, -0.1) is 11.3 Å². The monoisotopic (exact) mass is 393 g/mol. The van der Waals surface area contributed by atoms with Crippen molar-refractivity contribution < 1.29 is 9.53 Å². The highest BCUT2D eigenvalue weighted by Crippen LogP contribution is 2.17. The molecule has 1 N–H and O–H groups in total. The van der Waals surface area contributed by atoms with Gasteiger partial charge in [-0.05, 0) is 43.4 Å². The van der Waals surface area contributed by atoms with Crippen molar-refractivity contribution >= 4 is 28.5 Å². The van der Waals surface area contributed by atoms with Crippen LogP contribution in [-0.4, -0.2) is 29.9 Å². The quantitative estimate of drug-likeness (QED) is 0.575. The van der Waals surface area contributed by atoms with E-state index in [9.17, 15) is 4.79 Å². The summed E-state index contributed by atoms with van der Waals surface area (Å²) < 4.78 is 5.77. The fourth-order valence-corrected chi connectivity index (χ4v) is 3.20. The van der Waals surface area contributed by atoms with Gasteiger partial charge >= 0.3 is 0 Å². The van der Waals surface area contributed by atoms with E-state index in [2.05, 4.69) is 10.3 Å². The Hall–Kier alpha value is -2.96. The summed E-state index contributed by atoms with van der Waals surface area (Å²) in [5.74, 6) is 0.594. The van der Waals surface area contributed by atoms with Crippen molar-refractivity contribution in [3.05, 3.63) is 82.9 Å². The molecule has 0 aliphatic rings. The van der Waals surface area contributed by atoms with Crippen molar-refractivity contribution in [2.24, 2.45) is 0 Å². The summed E-state index contributed by atoms with van der Waals surface area (Å²) in [6.45, 7) is 1.28. The Kier molecular flexibility index (Phi) is 6.94. The highest BCUT2D eigenvalue weighted by molar-refractivity contribution is 7.13. The van der Waals surface area contributed by atoms with E-state index in [-0.39, 0.29) is 5.91 Å². The smallest absolute Gasteiger partial charge is 0.250 e. The number of aromatic nitrogens is 1. The van der Waals surface area contributed by atoms with E-state index >= 15 is 0 Å². The molecule has 2 aromatic carbocycles. The van der Waals surface area contributed by atoms with E-state index in [0.29, 0.717) is 11.7 Å². The molecular weight excluding hydrogens is 370 g/mol. The van der Waals surface area contributed by atoms with Crippen molar-refractivity contribution in [3.63, 3.8) is 0 Å². The molecule has 0 atom stereocenters. The van der Waals surface area contributed by atoms with Crippen LogP contribution in [-0.2, 0) is 17.9 Å². The molecule has 0 bridgehead atoms. The summed E-state index contributed by atoms with van der Waals surface area (Å²) in [6, 6.07) is 17.7. The highest BCUT2D eigenvalue weighted by Gasteiger charge is 2.05. The summed E-state index contributed by atoms with van der Waals surface area (Å²) in [5.41, 5.74) is 2.99. The van der Waals surface area contributed by atoms with Gasteiger partial charge in [-0.25, -0.2) is 4.98 Å². The molecule has 0 fully saturated rings. The zero-order valence-corrected chi connectivity index (χ0v) is 16.8. The number of carbonyl (C=O) groups excluding carboxylic acids is 1. The lowest BCUT2D eigenvalue weighted by molar-refractivity contribution is -0.111. The van der Waals surface area contributed by atoms with Crippen molar-refractivity contribution in [2.75, 3.05) is 19.4 Å². The number of hydrogen-bond acceptors (Lipinski definition) is 5. The maximum Gasteiger partial charge on any atom is 0.250 e. The van der Waals surface area contributed by atoms with Gasteiger partial charge in [0.15, 0.2) is 5.13 Å². The number of thiazole rings is 1. The van der Waals surface area contributed by atoms with Crippen LogP contribution in [0.3, 0.4) is 0 Å². The minimum Gasteiger partial charge on any atom is -0.489 e. The first-order valence-corrected chi connectivity index (χ1v) is 9.81. The van der Waals surface area contributed by atoms with Crippen LogP contribution in [0.1, 0.15) is 16.8 Å². The second-order valence-electron chi connectivity index (χ2n) is 6.55. The standard InChI is InChI=1S/C22H23N3O2S/c1-25(2)14-19-16-28-22(23-19)24-21(26)13-10-17-8-11-20(12-9-17)27-15-18-6-4-3-5-7-18/h3-13,16H,14-15H2,1-2H3,(H,23,24,26)/b13-10+. The van der Waals surface area contributed by atoms with Gasteiger partial charge in [0.25, 0.3) is 0 Å². The molecule has 0 aliphatic heterocycles. The molecule has 3 aromatic rings. The number of anilines is 1. The van der Waals surface area contributed by atoms with E-state index in [1.165, 1.54) is 17.4 Å². The molecule has 0 saturated heterocycles. The van der Waals surface area contributed by atoms with Crippen LogP contribution in [0.15, 0.2) is 66.1 Å². The van der Waals surface area contributed by atoms with Crippen LogP contribution in [0.4, 0.5) is 5.13 Å². The Balaban J connectivity index is 1.49. The number of amides is 1. The molecule has 0 spiro atoms. The zero-order chi connectivity index (χ0) is 19.8. The number of benzene rings is 2. The minimum absolute atomic E-state index is 0.199. The van der Waals surface area contributed by atoms with Crippen LogP contribution in [0.5, 0.6) is 5.75 Å². The van der Waals surface area contributed by atoms with Crippen LogP contribution in [0, 0.1) is 0 Å². The second kappa shape index (κ2) is 9.82. The fourth-order valence-electron chi connectivity index (χ4n) is 2.50. The van der Waals surface area contributed by atoms with Gasteiger partial charge < -0.3 is 9.64 Å². The molecule has 5 nitrogen and oxygen atoms in total. The lowest BCUT2D eigenvalue weighted by Crippen LogP contribution is -2.11. The molecular formula is C22H23N3O2S. The van der Waals surface area contributed by atoms with Crippen LogP contribution < -0.4 is 10.1 Å². The van der Waals surface area contributed by atoms with Gasteiger partial charge in [-0.2, -0.15) is 0 Å². The van der Waals surface area contributed by atoms with Crippen molar-refractivity contribution in [3.8, 4) is 5.75 Å². The van der Waals surface area contributed by atoms with Gasteiger partial charge in [-0.1, -0.05) is 42.5 Å². The van der Waals surface area contributed by atoms with Gasteiger partial charge in [0.2, 0.25) is 5.91 Å². The third kappa shape index (κ3) is 6.33.